The average molecular weight is 243 g/mol. The van der Waals surface area contributed by atoms with Gasteiger partial charge >= 0.3 is 6.18 Å². The van der Waals surface area contributed by atoms with E-state index >= 15 is 0 Å². The summed E-state index contributed by atoms with van der Waals surface area (Å²) in [5.41, 5.74) is -0.957. The van der Waals surface area contributed by atoms with E-state index in [1.807, 2.05) is 0 Å². The van der Waals surface area contributed by atoms with Gasteiger partial charge in [-0.15, -0.1) is 0 Å². The minimum absolute atomic E-state index is 0.0694. The molecule has 1 aliphatic heterocycles. The Morgan fingerprint density at radius 1 is 1.41 bits per heavy atom. The Kier molecular flexibility index (Phi) is 2.90. The van der Waals surface area contributed by atoms with Crippen LogP contribution in [0.4, 0.5) is 19.0 Å². The number of alkyl halides is 3. The molecule has 0 N–H and O–H groups in total. The summed E-state index contributed by atoms with van der Waals surface area (Å²) in [6, 6.07) is 3.69. The summed E-state index contributed by atoms with van der Waals surface area (Å²) in [5.74, 6) is -0.0696. The number of nitrogens with zero attached hydrogens (tertiary/aromatic N) is 3. The summed E-state index contributed by atoms with van der Waals surface area (Å²) in [6.45, 7) is 0.853. The number of nitriles is 1. The lowest BCUT2D eigenvalue weighted by molar-refractivity contribution is -0.141. The van der Waals surface area contributed by atoms with E-state index in [2.05, 4.69) is 4.98 Å². The molecule has 0 aliphatic carbocycles. The number of rotatable bonds is 1. The molecule has 1 aromatic rings. The second-order valence-electron chi connectivity index (χ2n) is 3.47. The molecule has 0 saturated carbocycles. The second-order valence-corrected chi connectivity index (χ2v) is 3.47. The molecule has 0 bridgehead atoms. The van der Waals surface area contributed by atoms with Gasteiger partial charge in [-0.25, -0.2) is 10.0 Å². The predicted molar refractivity (Wildman–Crippen MR) is 51.9 cm³/mol. The van der Waals surface area contributed by atoms with Crippen molar-refractivity contribution in [2.24, 2.45) is 0 Å². The molecule has 0 atom stereocenters. The van der Waals surface area contributed by atoms with E-state index in [1.54, 1.807) is 6.07 Å². The van der Waals surface area contributed by atoms with E-state index in [0.717, 1.165) is 12.1 Å². The van der Waals surface area contributed by atoms with Crippen molar-refractivity contribution in [1.82, 2.24) is 4.98 Å². The maximum Gasteiger partial charge on any atom is 0.433 e. The number of halogens is 3. The Bertz CT molecular complexity index is 461. The summed E-state index contributed by atoms with van der Waals surface area (Å²) in [6.07, 6.45) is -3.83. The zero-order chi connectivity index (χ0) is 12.5. The SMILES string of the molecule is N#Cc1ccc(C(F)(F)F)nc1N1CCCO1. The van der Waals surface area contributed by atoms with Crippen LogP contribution in [-0.2, 0) is 11.0 Å². The van der Waals surface area contributed by atoms with Crippen molar-refractivity contribution in [3.05, 3.63) is 23.4 Å². The molecule has 0 amide bonds. The molecule has 0 radical (unpaired) electrons. The summed E-state index contributed by atoms with van der Waals surface area (Å²) in [5, 5.41) is 10.0. The van der Waals surface area contributed by atoms with Gasteiger partial charge in [0.15, 0.2) is 5.82 Å². The lowest BCUT2D eigenvalue weighted by atomic mass is 10.2. The zero-order valence-electron chi connectivity index (χ0n) is 8.66. The van der Waals surface area contributed by atoms with Crippen molar-refractivity contribution in [3.63, 3.8) is 0 Å². The molecule has 1 aromatic heterocycles. The van der Waals surface area contributed by atoms with Gasteiger partial charge in [0.25, 0.3) is 0 Å². The van der Waals surface area contributed by atoms with E-state index < -0.39 is 11.9 Å². The molecule has 1 saturated heterocycles. The minimum Gasteiger partial charge on any atom is -0.272 e. The van der Waals surface area contributed by atoms with Gasteiger partial charge < -0.3 is 0 Å². The molecule has 2 rings (SSSR count). The van der Waals surface area contributed by atoms with Crippen molar-refractivity contribution in [2.45, 2.75) is 12.6 Å². The third kappa shape index (κ3) is 2.31. The summed E-state index contributed by atoms with van der Waals surface area (Å²) >= 11 is 0. The van der Waals surface area contributed by atoms with Crippen molar-refractivity contribution in [3.8, 4) is 6.07 Å². The molecule has 1 aliphatic rings. The number of hydrogen-bond donors (Lipinski definition) is 0. The number of aromatic nitrogens is 1. The lowest BCUT2D eigenvalue weighted by Gasteiger charge is -2.17. The summed E-state index contributed by atoms with van der Waals surface area (Å²) in [4.78, 5) is 8.55. The highest BCUT2D eigenvalue weighted by molar-refractivity contribution is 5.53. The number of pyridine rings is 1. The van der Waals surface area contributed by atoms with Gasteiger partial charge in [-0.2, -0.15) is 18.4 Å². The van der Waals surface area contributed by atoms with Crippen LogP contribution >= 0.6 is 0 Å². The second kappa shape index (κ2) is 4.22. The molecule has 4 nitrogen and oxygen atoms in total. The normalized spacial score (nSPS) is 16.0. The van der Waals surface area contributed by atoms with Crippen LogP contribution in [0.25, 0.3) is 0 Å². The molecule has 1 fully saturated rings. The Hall–Kier alpha value is -1.81. The molecule has 0 aromatic carbocycles. The van der Waals surface area contributed by atoms with Crippen LogP contribution in [0.15, 0.2) is 12.1 Å². The van der Waals surface area contributed by atoms with Gasteiger partial charge in [-0.3, -0.25) is 4.84 Å². The van der Waals surface area contributed by atoms with Gasteiger partial charge in [0.05, 0.1) is 12.2 Å². The van der Waals surface area contributed by atoms with Crippen LogP contribution in [0.5, 0.6) is 0 Å². The molecule has 90 valence electrons. The summed E-state index contributed by atoms with van der Waals surface area (Å²) < 4.78 is 37.5. The third-order valence-corrected chi connectivity index (χ3v) is 2.27. The van der Waals surface area contributed by atoms with Crippen molar-refractivity contribution < 1.29 is 18.0 Å². The van der Waals surface area contributed by atoms with E-state index in [-0.39, 0.29) is 11.4 Å². The molecule has 2 heterocycles. The highest BCUT2D eigenvalue weighted by Crippen LogP contribution is 2.31. The molecule has 0 spiro atoms. The van der Waals surface area contributed by atoms with Crippen LogP contribution < -0.4 is 5.06 Å². The maximum absolute atomic E-state index is 12.5. The Morgan fingerprint density at radius 2 is 2.18 bits per heavy atom. The number of hydroxylamine groups is 1. The largest absolute Gasteiger partial charge is 0.433 e. The maximum atomic E-state index is 12.5. The molecule has 17 heavy (non-hydrogen) atoms. The Labute approximate surface area is 95.2 Å². The smallest absolute Gasteiger partial charge is 0.272 e. The van der Waals surface area contributed by atoms with Crippen LogP contribution in [0, 0.1) is 11.3 Å². The van der Waals surface area contributed by atoms with Gasteiger partial charge in [0.1, 0.15) is 11.8 Å². The van der Waals surface area contributed by atoms with E-state index in [4.69, 9.17) is 10.1 Å². The first-order chi connectivity index (χ1) is 8.02. The van der Waals surface area contributed by atoms with Crippen molar-refractivity contribution >= 4 is 5.82 Å². The number of hydrogen-bond acceptors (Lipinski definition) is 4. The zero-order valence-corrected chi connectivity index (χ0v) is 8.66. The van der Waals surface area contributed by atoms with E-state index in [1.165, 1.54) is 5.06 Å². The van der Waals surface area contributed by atoms with Crippen molar-refractivity contribution in [2.75, 3.05) is 18.2 Å². The van der Waals surface area contributed by atoms with Crippen LogP contribution in [0.2, 0.25) is 0 Å². The quantitative estimate of drug-likeness (QED) is 0.758. The average Bonchev–Trinajstić information content (AvgIpc) is 2.80. The first kappa shape index (κ1) is 11.7. The van der Waals surface area contributed by atoms with Gasteiger partial charge in [-0.05, 0) is 18.6 Å². The number of anilines is 1. The molecule has 0 unspecified atom stereocenters. The van der Waals surface area contributed by atoms with Crippen LogP contribution in [-0.4, -0.2) is 18.1 Å². The van der Waals surface area contributed by atoms with E-state index in [9.17, 15) is 13.2 Å². The fourth-order valence-electron chi connectivity index (χ4n) is 1.50. The molecular weight excluding hydrogens is 235 g/mol. The molecular formula is C10H8F3N3O. The molecule has 7 heteroatoms. The standard InChI is InChI=1S/C10H8F3N3O/c11-10(12,13)8-3-2-7(6-14)9(15-8)16-4-1-5-17-16/h2-3H,1,4-5H2. The fraction of sp³-hybridized carbons (Fsp3) is 0.400. The van der Waals surface area contributed by atoms with Crippen LogP contribution in [0.3, 0.4) is 0 Å². The third-order valence-electron chi connectivity index (χ3n) is 2.27. The first-order valence-electron chi connectivity index (χ1n) is 4.91. The van der Waals surface area contributed by atoms with Gasteiger partial charge in [-0.1, -0.05) is 0 Å². The van der Waals surface area contributed by atoms with Gasteiger partial charge in [0, 0.05) is 6.54 Å². The first-order valence-corrected chi connectivity index (χ1v) is 4.91. The van der Waals surface area contributed by atoms with E-state index in [0.29, 0.717) is 19.6 Å². The minimum atomic E-state index is -4.53. The van der Waals surface area contributed by atoms with Gasteiger partial charge in [0.2, 0.25) is 0 Å². The highest BCUT2D eigenvalue weighted by atomic mass is 19.4. The highest BCUT2D eigenvalue weighted by Gasteiger charge is 2.34. The Morgan fingerprint density at radius 3 is 2.71 bits per heavy atom. The Balaban J connectivity index is 2.43. The predicted octanol–water partition coefficient (Wildman–Crippen LogP) is 2.11. The van der Waals surface area contributed by atoms with Crippen molar-refractivity contribution in [1.29, 1.82) is 5.26 Å². The topological polar surface area (TPSA) is 49.2 Å². The lowest BCUT2D eigenvalue weighted by Crippen LogP contribution is -2.21. The monoisotopic (exact) mass is 243 g/mol. The van der Waals surface area contributed by atoms with Crippen LogP contribution in [0.1, 0.15) is 17.7 Å². The fourth-order valence-corrected chi connectivity index (χ4v) is 1.50. The summed E-state index contributed by atoms with van der Waals surface area (Å²) in [7, 11) is 0.